The molecule has 1 rings (SSSR count). The predicted octanol–water partition coefficient (Wildman–Crippen LogP) is 1.57. The third-order valence-electron chi connectivity index (χ3n) is 2.22. The van der Waals surface area contributed by atoms with Gasteiger partial charge in [-0.3, -0.25) is 4.98 Å². The molecule has 0 aliphatic heterocycles. The van der Waals surface area contributed by atoms with Gasteiger partial charge < -0.3 is 9.84 Å². The van der Waals surface area contributed by atoms with Crippen LogP contribution in [0.5, 0.6) is 5.75 Å². The SMILES string of the molecule is COc1cncc(C(C)C(C)O)c1. The molecule has 0 saturated heterocycles. The minimum Gasteiger partial charge on any atom is -0.495 e. The fourth-order valence-electron chi connectivity index (χ4n) is 1.07. The van der Waals surface area contributed by atoms with E-state index in [0.29, 0.717) is 0 Å². The highest BCUT2D eigenvalue weighted by atomic mass is 16.5. The molecular weight excluding hydrogens is 166 g/mol. The first-order valence-corrected chi connectivity index (χ1v) is 4.32. The lowest BCUT2D eigenvalue weighted by atomic mass is 9.98. The van der Waals surface area contributed by atoms with Gasteiger partial charge in [-0.15, -0.1) is 0 Å². The van der Waals surface area contributed by atoms with Gasteiger partial charge in [0.15, 0.2) is 0 Å². The average molecular weight is 181 g/mol. The molecule has 1 N–H and O–H groups in total. The van der Waals surface area contributed by atoms with Gasteiger partial charge in [0.2, 0.25) is 0 Å². The summed E-state index contributed by atoms with van der Waals surface area (Å²) >= 11 is 0. The van der Waals surface area contributed by atoms with Crippen molar-refractivity contribution in [2.45, 2.75) is 25.9 Å². The van der Waals surface area contributed by atoms with Crippen LogP contribution in [0.25, 0.3) is 0 Å². The largest absolute Gasteiger partial charge is 0.495 e. The maximum absolute atomic E-state index is 9.37. The molecule has 0 amide bonds. The number of methoxy groups -OCH3 is 1. The molecule has 0 aromatic carbocycles. The van der Waals surface area contributed by atoms with Crippen LogP contribution in [-0.4, -0.2) is 23.3 Å². The Balaban J connectivity index is 2.88. The molecule has 0 aliphatic carbocycles. The second-order valence-corrected chi connectivity index (χ2v) is 3.19. The monoisotopic (exact) mass is 181 g/mol. The van der Waals surface area contributed by atoms with Gasteiger partial charge in [-0.1, -0.05) is 6.92 Å². The number of ether oxygens (including phenoxy) is 1. The van der Waals surface area contributed by atoms with Crippen molar-refractivity contribution in [2.75, 3.05) is 7.11 Å². The molecule has 1 aromatic rings. The number of hydrogen-bond acceptors (Lipinski definition) is 3. The van der Waals surface area contributed by atoms with E-state index in [4.69, 9.17) is 4.74 Å². The molecule has 0 saturated carbocycles. The van der Waals surface area contributed by atoms with Crippen molar-refractivity contribution in [1.82, 2.24) is 4.98 Å². The highest BCUT2D eigenvalue weighted by molar-refractivity contribution is 5.26. The number of aromatic nitrogens is 1. The van der Waals surface area contributed by atoms with Crippen molar-refractivity contribution in [2.24, 2.45) is 0 Å². The highest BCUT2D eigenvalue weighted by Crippen LogP contribution is 2.21. The first-order valence-electron chi connectivity index (χ1n) is 4.32. The van der Waals surface area contributed by atoms with E-state index < -0.39 is 0 Å². The maximum Gasteiger partial charge on any atom is 0.137 e. The Hall–Kier alpha value is -1.09. The second kappa shape index (κ2) is 4.23. The van der Waals surface area contributed by atoms with Gasteiger partial charge in [0.25, 0.3) is 0 Å². The van der Waals surface area contributed by atoms with E-state index in [1.54, 1.807) is 26.4 Å². The molecule has 1 heterocycles. The van der Waals surface area contributed by atoms with Gasteiger partial charge in [0, 0.05) is 12.1 Å². The Morgan fingerprint density at radius 3 is 2.62 bits per heavy atom. The fraction of sp³-hybridized carbons (Fsp3) is 0.500. The molecule has 2 unspecified atom stereocenters. The highest BCUT2D eigenvalue weighted by Gasteiger charge is 2.12. The molecule has 0 bridgehead atoms. The average Bonchev–Trinajstić information content (AvgIpc) is 2.16. The summed E-state index contributed by atoms with van der Waals surface area (Å²) in [6.07, 6.45) is 3.03. The van der Waals surface area contributed by atoms with Crippen LogP contribution in [-0.2, 0) is 0 Å². The zero-order valence-corrected chi connectivity index (χ0v) is 8.19. The molecule has 72 valence electrons. The topological polar surface area (TPSA) is 42.4 Å². The lowest BCUT2D eigenvalue weighted by Crippen LogP contribution is -2.11. The number of pyridine rings is 1. The zero-order chi connectivity index (χ0) is 9.84. The Labute approximate surface area is 78.4 Å². The van der Waals surface area contributed by atoms with E-state index in [9.17, 15) is 5.11 Å². The van der Waals surface area contributed by atoms with Crippen LogP contribution in [0, 0.1) is 0 Å². The lowest BCUT2D eigenvalue weighted by Gasteiger charge is -2.14. The van der Waals surface area contributed by atoms with Crippen LogP contribution >= 0.6 is 0 Å². The van der Waals surface area contributed by atoms with E-state index in [1.807, 2.05) is 13.0 Å². The minimum atomic E-state index is -0.367. The van der Waals surface area contributed by atoms with Gasteiger partial charge in [-0.05, 0) is 18.6 Å². The van der Waals surface area contributed by atoms with Crippen LogP contribution in [0.15, 0.2) is 18.5 Å². The van der Waals surface area contributed by atoms with Crippen molar-refractivity contribution in [1.29, 1.82) is 0 Å². The molecular formula is C10H15NO2. The molecule has 3 heteroatoms. The van der Waals surface area contributed by atoms with Crippen LogP contribution in [0.3, 0.4) is 0 Å². The molecule has 0 fully saturated rings. The Kier molecular flexibility index (Phi) is 3.25. The summed E-state index contributed by atoms with van der Waals surface area (Å²) in [6, 6.07) is 1.89. The number of nitrogens with zero attached hydrogens (tertiary/aromatic N) is 1. The van der Waals surface area contributed by atoms with Crippen molar-refractivity contribution in [3.63, 3.8) is 0 Å². The normalized spacial score (nSPS) is 15.1. The number of aliphatic hydroxyl groups excluding tert-OH is 1. The third kappa shape index (κ3) is 2.42. The predicted molar refractivity (Wildman–Crippen MR) is 50.9 cm³/mol. The second-order valence-electron chi connectivity index (χ2n) is 3.19. The molecule has 1 aromatic heterocycles. The standard InChI is InChI=1S/C10H15NO2/c1-7(8(2)12)9-4-10(13-3)6-11-5-9/h4-8,12H,1-3H3. The van der Waals surface area contributed by atoms with Crippen LogP contribution in [0.2, 0.25) is 0 Å². The van der Waals surface area contributed by atoms with Gasteiger partial charge in [-0.2, -0.15) is 0 Å². The van der Waals surface area contributed by atoms with Crippen molar-refractivity contribution in [3.05, 3.63) is 24.0 Å². The quantitative estimate of drug-likeness (QED) is 0.769. The summed E-state index contributed by atoms with van der Waals surface area (Å²) in [6.45, 7) is 3.73. The summed E-state index contributed by atoms with van der Waals surface area (Å²) in [4.78, 5) is 4.02. The minimum absolute atomic E-state index is 0.0857. The maximum atomic E-state index is 9.37. The Morgan fingerprint density at radius 1 is 1.38 bits per heavy atom. The summed E-state index contributed by atoms with van der Waals surface area (Å²) < 4.78 is 5.04. The first-order chi connectivity index (χ1) is 6.15. The Bertz CT molecular complexity index is 273. The van der Waals surface area contributed by atoms with Gasteiger partial charge in [0.05, 0.1) is 19.4 Å². The summed E-state index contributed by atoms with van der Waals surface area (Å²) in [5.74, 6) is 0.813. The van der Waals surface area contributed by atoms with Crippen molar-refractivity contribution >= 4 is 0 Å². The molecule has 0 spiro atoms. The van der Waals surface area contributed by atoms with Crippen LogP contribution < -0.4 is 4.74 Å². The molecule has 0 radical (unpaired) electrons. The fourth-order valence-corrected chi connectivity index (χ4v) is 1.07. The van der Waals surface area contributed by atoms with Crippen molar-refractivity contribution < 1.29 is 9.84 Å². The van der Waals surface area contributed by atoms with Gasteiger partial charge in [0.1, 0.15) is 5.75 Å². The van der Waals surface area contributed by atoms with Gasteiger partial charge >= 0.3 is 0 Å². The van der Waals surface area contributed by atoms with E-state index in [0.717, 1.165) is 11.3 Å². The van der Waals surface area contributed by atoms with E-state index in [-0.39, 0.29) is 12.0 Å². The molecule has 3 nitrogen and oxygen atoms in total. The van der Waals surface area contributed by atoms with E-state index >= 15 is 0 Å². The summed E-state index contributed by atoms with van der Waals surface area (Å²) in [5, 5.41) is 9.37. The molecule has 0 aliphatic rings. The first kappa shape index (κ1) is 9.99. The smallest absolute Gasteiger partial charge is 0.137 e. The number of rotatable bonds is 3. The lowest BCUT2D eigenvalue weighted by molar-refractivity contribution is 0.168. The molecule has 2 atom stereocenters. The van der Waals surface area contributed by atoms with E-state index in [2.05, 4.69) is 4.98 Å². The molecule has 13 heavy (non-hydrogen) atoms. The third-order valence-corrected chi connectivity index (χ3v) is 2.22. The summed E-state index contributed by atoms with van der Waals surface area (Å²) in [7, 11) is 1.60. The zero-order valence-electron chi connectivity index (χ0n) is 8.19. The number of hydrogen-bond donors (Lipinski definition) is 1. The van der Waals surface area contributed by atoms with Crippen LogP contribution in [0.1, 0.15) is 25.3 Å². The van der Waals surface area contributed by atoms with E-state index in [1.165, 1.54) is 0 Å². The number of aliphatic hydroxyl groups is 1. The van der Waals surface area contributed by atoms with Crippen molar-refractivity contribution in [3.8, 4) is 5.75 Å². The van der Waals surface area contributed by atoms with Gasteiger partial charge in [-0.25, -0.2) is 0 Å². The summed E-state index contributed by atoms with van der Waals surface area (Å²) in [5.41, 5.74) is 0.995. The Morgan fingerprint density at radius 2 is 2.08 bits per heavy atom. The van der Waals surface area contributed by atoms with Crippen LogP contribution in [0.4, 0.5) is 0 Å².